The Labute approximate surface area is 119 Å². The zero-order chi connectivity index (χ0) is 14.3. The van der Waals surface area contributed by atoms with E-state index < -0.39 is 7.60 Å². The van der Waals surface area contributed by atoms with E-state index in [0.29, 0.717) is 17.7 Å². The molecule has 0 fully saturated rings. The van der Waals surface area contributed by atoms with E-state index >= 15 is 0 Å². The van der Waals surface area contributed by atoms with Crippen LogP contribution in [0.25, 0.3) is 11.1 Å². The van der Waals surface area contributed by atoms with Crippen LogP contribution in [-0.4, -0.2) is 6.61 Å². The number of fused-ring (bicyclic) bond motifs is 3. The van der Waals surface area contributed by atoms with E-state index in [1.54, 1.807) is 0 Å². The molecule has 20 heavy (non-hydrogen) atoms. The number of hydrogen-bond donors (Lipinski definition) is 0. The Hall–Kier alpha value is -1.57. The molecule has 2 aromatic carbocycles. The first-order valence-electron chi connectivity index (χ1n) is 6.70. The van der Waals surface area contributed by atoms with Crippen LogP contribution < -0.4 is 9.83 Å². The van der Waals surface area contributed by atoms with Crippen molar-refractivity contribution in [3.63, 3.8) is 0 Å². The summed E-state index contributed by atoms with van der Waals surface area (Å²) >= 11 is 0. The number of rotatable bonds is 2. The van der Waals surface area contributed by atoms with Crippen molar-refractivity contribution in [1.29, 1.82) is 0 Å². The SMILES string of the molecule is CCOP1(=O)Oc2ccc(C)cc2-c2cc(C)ccc21. The predicted octanol–water partition coefficient (Wildman–Crippen LogP) is 4.22. The molecule has 0 saturated carbocycles. The van der Waals surface area contributed by atoms with Gasteiger partial charge >= 0.3 is 7.60 Å². The molecule has 0 aliphatic carbocycles. The molecule has 1 atom stereocenters. The second-order valence-electron chi connectivity index (χ2n) is 5.03. The van der Waals surface area contributed by atoms with Crippen LogP contribution in [0.4, 0.5) is 0 Å². The van der Waals surface area contributed by atoms with Crippen molar-refractivity contribution in [1.82, 2.24) is 0 Å². The Morgan fingerprint density at radius 2 is 1.70 bits per heavy atom. The minimum absolute atomic E-state index is 0.353. The lowest BCUT2D eigenvalue weighted by molar-refractivity contribution is 0.288. The standard InChI is InChI=1S/C16H17O3P/c1-4-18-20(17)16-8-6-12(3)10-14(16)13-9-11(2)5-7-15(13)19-20/h5-10H,4H2,1-3H3. The molecule has 0 saturated heterocycles. The monoisotopic (exact) mass is 288 g/mol. The summed E-state index contributed by atoms with van der Waals surface area (Å²) in [6.45, 7) is 6.23. The zero-order valence-corrected chi connectivity index (χ0v) is 12.7. The van der Waals surface area contributed by atoms with Gasteiger partial charge in [0.2, 0.25) is 0 Å². The van der Waals surface area contributed by atoms with Crippen molar-refractivity contribution in [2.75, 3.05) is 6.61 Å². The lowest BCUT2D eigenvalue weighted by atomic mass is 10.0. The average molecular weight is 288 g/mol. The van der Waals surface area contributed by atoms with Gasteiger partial charge in [-0.3, -0.25) is 4.52 Å². The van der Waals surface area contributed by atoms with E-state index in [-0.39, 0.29) is 0 Å². The summed E-state index contributed by atoms with van der Waals surface area (Å²) in [6.07, 6.45) is 0. The highest BCUT2D eigenvalue weighted by Crippen LogP contribution is 2.55. The van der Waals surface area contributed by atoms with Crippen LogP contribution in [0.5, 0.6) is 5.75 Å². The fourth-order valence-corrected chi connectivity index (χ4v) is 4.27. The van der Waals surface area contributed by atoms with Crippen molar-refractivity contribution in [3.05, 3.63) is 47.5 Å². The Morgan fingerprint density at radius 1 is 1.05 bits per heavy atom. The molecule has 1 aliphatic rings. The summed E-state index contributed by atoms with van der Waals surface area (Å²) in [5.74, 6) is 0.630. The second kappa shape index (κ2) is 4.76. The molecule has 0 N–H and O–H groups in total. The molecule has 1 heterocycles. The predicted molar refractivity (Wildman–Crippen MR) is 80.8 cm³/mol. The quantitative estimate of drug-likeness (QED) is 0.776. The van der Waals surface area contributed by atoms with E-state index in [9.17, 15) is 4.57 Å². The molecule has 0 spiro atoms. The van der Waals surface area contributed by atoms with E-state index in [4.69, 9.17) is 9.05 Å². The van der Waals surface area contributed by atoms with Crippen molar-refractivity contribution in [3.8, 4) is 16.9 Å². The fourth-order valence-electron chi connectivity index (χ4n) is 2.48. The van der Waals surface area contributed by atoms with Crippen LogP contribution in [0.3, 0.4) is 0 Å². The molecule has 104 valence electrons. The maximum absolute atomic E-state index is 13.0. The molecule has 3 nitrogen and oxygen atoms in total. The highest BCUT2D eigenvalue weighted by molar-refractivity contribution is 7.63. The first kappa shape index (κ1) is 13.4. The molecular formula is C16H17O3P. The van der Waals surface area contributed by atoms with Crippen LogP contribution in [0.2, 0.25) is 0 Å². The minimum Gasteiger partial charge on any atom is -0.421 e. The molecule has 2 aromatic rings. The average Bonchev–Trinajstić information content (AvgIpc) is 2.40. The van der Waals surface area contributed by atoms with Gasteiger partial charge in [-0.25, -0.2) is 4.57 Å². The van der Waals surface area contributed by atoms with Crippen molar-refractivity contribution in [2.45, 2.75) is 20.8 Å². The van der Waals surface area contributed by atoms with E-state index in [1.165, 1.54) is 0 Å². The van der Waals surface area contributed by atoms with Gasteiger partial charge in [-0.2, -0.15) is 0 Å². The van der Waals surface area contributed by atoms with E-state index in [0.717, 1.165) is 22.3 Å². The summed E-state index contributed by atoms with van der Waals surface area (Å²) in [5.41, 5.74) is 4.20. The lowest BCUT2D eigenvalue weighted by Gasteiger charge is -2.28. The van der Waals surface area contributed by atoms with Gasteiger partial charge in [-0.05, 0) is 39.0 Å². The molecule has 4 heteroatoms. The maximum atomic E-state index is 13.0. The van der Waals surface area contributed by atoms with Gasteiger partial charge in [-0.15, -0.1) is 0 Å². The summed E-state index contributed by atoms with van der Waals surface area (Å²) in [6, 6.07) is 11.7. The smallest absolute Gasteiger partial charge is 0.411 e. The largest absolute Gasteiger partial charge is 0.421 e. The Bertz CT molecular complexity index is 722. The molecule has 1 unspecified atom stereocenters. The number of benzene rings is 2. The van der Waals surface area contributed by atoms with Crippen LogP contribution in [0.1, 0.15) is 18.1 Å². The van der Waals surface area contributed by atoms with E-state index in [1.807, 2.05) is 51.1 Å². The minimum atomic E-state index is -3.27. The van der Waals surface area contributed by atoms with Gasteiger partial charge in [0.25, 0.3) is 0 Å². The first-order chi connectivity index (χ1) is 9.53. The van der Waals surface area contributed by atoms with Gasteiger partial charge in [-0.1, -0.05) is 29.3 Å². The van der Waals surface area contributed by atoms with Crippen LogP contribution in [0, 0.1) is 13.8 Å². The fraction of sp³-hybridized carbons (Fsp3) is 0.250. The van der Waals surface area contributed by atoms with Crippen LogP contribution in [0.15, 0.2) is 36.4 Å². The van der Waals surface area contributed by atoms with Gasteiger partial charge in [0.05, 0.1) is 11.9 Å². The normalized spacial score (nSPS) is 19.9. The highest BCUT2D eigenvalue weighted by Gasteiger charge is 2.37. The molecular weight excluding hydrogens is 271 g/mol. The molecule has 3 rings (SSSR count). The van der Waals surface area contributed by atoms with E-state index in [2.05, 4.69) is 6.07 Å². The third kappa shape index (κ3) is 2.07. The maximum Gasteiger partial charge on any atom is 0.411 e. The molecule has 0 bridgehead atoms. The molecule has 1 aliphatic heterocycles. The number of hydrogen-bond acceptors (Lipinski definition) is 3. The van der Waals surface area contributed by atoms with Crippen molar-refractivity contribution in [2.24, 2.45) is 0 Å². The highest BCUT2D eigenvalue weighted by atomic mass is 31.2. The molecule has 0 aromatic heterocycles. The Morgan fingerprint density at radius 3 is 2.40 bits per heavy atom. The third-order valence-corrected chi connectivity index (χ3v) is 5.41. The van der Waals surface area contributed by atoms with Gasteiger partial charge in [0, 0.05) is 11.1 Å². The Kier molecular flexibility index (Phi) is 3.19. The first-order valence-corrected chi connectivity index (χ1v) is 8.24. The van der Waals surface area contributed by atoms with Crippen LogP contribution >= 0.6 is 7.60 Å². The Balaban J connectivity index is 2.29. The molecule has 0 amide bonds. The van der Waals surface area contributed by atoms with Crippen molar-refractivity contribution < 1.29 is 13.6 Å². The zero-order valence-electron chi connectivity index (χ0n) is 11.8. The van der Waals surface area contributed by atoms with Crippen molar-refractivity contribution >= 4 is 12.9 Å². The van der Waals surface area contributed by atoms with Gasteiger partial charge in [0.1, 0.15) is 5.75 Å². The number of aryl methyl sites for hydroxylation is 2. The van der Waals surface area contributed by atoms with Gasteiger partial charge in [0.15, 0.2) is 0 Å². The van der Waals surface area contributed by atoms with Gasteiger partial charge < -0.3 is 4.52 Å². The molecule has 0 radical (unpaired) electrons. The topological polar surface area (TPSA) is 35.5 Å². The summed E-state index contributed by atoms with van der Waals surface area (Å²) in [7, 11) is -3.27. The summed E-state index contributed by atoms with van der Waals surface area (Å²) in [4.78, 5) is 0. The van der Waals surface area contributed by atoms with Crippen LogP contribution in [-0.2, 0) is 9.09 Å². The summed E-state index contributed by atoms with van der Waals surface area (Å²) in [5, 5.41) is 0.656. The third-order valence-electron chi connectivity index (χ3n) is 3.39. The second-order valence-corrected chi connectivity index (χ2v) is 6.94. The lowest BCUT2D eigenvalue weighted by Crippen LogP contribution is -2.19. The summed E-state index contributed by atoms with van der Waals surface area (Å²) < 4.78 is 24.1.